The first kappa shape index (κ1) is 37.8. The molecule has 12 N–H and O–H groups in total. The number of quaternary nitrogens is 1. The molecule has 4 heterocycles. The lowest BCUT2D eigenvalue weighted by Crippen LogP contribution is -3.11. The first-order valence-corrected chi connectivity index (χ1v) is 15.5. The van der Waals surface area contributed by atoms with Crippen molar-refractivity contribution in [1.82, 2.24) is 5.32 Å². The highest BCUT2D eigenvalue weighted by atomic mass is 16.8. The van der Waals surface area contributed by atoms with Crippen molar-refractivity contribution in [3.05, 3.63) is 41.1 Å². The summed E-state index contributed by atoms with van der Waals surface area (Å²) in [5.74, 6) is -6.91. The van der Waals surface area contributed by atoms with E-state index in [2.05, 4.69) is 5.32 Å². The average Bonchev–Trinajstić information content (AvgIpc) is 3.43. The number of hydrogen-bond acceptors (Lipinski definition) is 17. The van der Waals surface area contributed by atoms with Gasteiger partial charge in [0, 0.05) is 18.1 Å². The highest BCUT2D eigenvalue weighted by Gasteiger charge is 2.53. The van der Waals surface area contributed by atoms with Gasteiger partial charge in [0.1, 0.15) is 54.6 Å². The number of phenolic OH excluding ortho intramolecular Hbond substituents is 1. The van der Waals surface area contributed by atoms with E-state index in [1.165, 1.54) is 24.3 Å². The second kappa shape index (κ2) is 15.1. The summed E-state index contributed by atoms with van der Waals surface area (Å²) in [6.45, 7) is -0.944. The van der Waals surface area contributed by atoms with Crippen LogP contribution in [-0.4, -0.2) is 162 Å². The van der Waals surface area contributed by atoms with E-state index in [4.69, 9.17) is 18.9 Å². The number of carboxylic acids is 4. The predicted molar refractivity (Wildman–Crippen MR) is 157 cm³/mol. The van der Waals surface area contributed by atoms with Gasteiger partial charge in [0.2, 0.25) is 6.29 Å². The van der Waals surface area contributed by atoms with E-state index in [1.807, 2.05) is 0 Å². The lowest BCUT2D eigenvalue weighted by Gasteiger charge is -2.45. The zero-order valence-corrected chi connectivity index (χ0v) is 26.2. The molecule has 2 fully saturated rings. The molecule has 21 nitrogen and oxygen atoms in total. The van der Waals surface area contributed by atoms with Crippen LogP contribution in [-0.2, 0) is 39.8 Å². The number of phenols is 1. The molecule has 4 aliphatic heterocycles. The van der Waals surface area contributed by atoms with Gasteiger partial charge in [-0.1, -0.05) is 0 Å². The Morgan fingerprint density at radius 2 is 1.63 bits per heavy atom. The topological polar surface area (TPSA) is 347 Å². The molecule has 0 saturated carbocycles. The molecule has 1 aromatic rings. The number of aliphatic hydroxyl groups excluding tert-OH is 6. The third-order valence-electron chi connectivity index (χ3n) is 9.04. The number of nitrogens with one attached hydrogen (secondary N) is 2. The minimum absolute atomic E-state index is 0.0897. The largest absolute Gasteiger partial charge is 0.548 e. The van der Waals surface area contributed by atoms with Crippen molar-refractivity contribution in [1.29, 1.82) is 0 Å². The molecule has 51 heavy (non-hydrogen) atoms. The van der Waals surface area contributed by atoms with Gasteiger partial charge in [0.15, 0.2) is 36.0 Å². The van der Waals surface area contributed by atoms with Gasteiger partial charge in [0.25, 0.3) is 0 Å². The van der Waals surface area contributed by atoms with Crippen LogP contribution in [0.5, 0.6) is 11.5 Å². The number of aliphatic carboxylic acids is 4. The molecule has 0 aromatic heterocycles. The number of ether oxygens (including phenoxy) is 4. The summed E-state index contributed by atoms with van der Waals surface area (Å²) in [6.07, 6.45) is -17.0. The highest BCUT2D eigenvalue weighted by molar-refractivity contribution is 5.88. The number of fused-ring (bicyclic) bond motifs is 1. The molecule has 5 rings (SSSR count). The normalized spacial score (nSPS) is 37.2. The number of carboxylic acid groups (broad SMARTS) is 4. The van der Waals surface area contributed by atoms with E-state index < -0.39 is 115 Å². The Bertz CT molecular complexity index is 1600. The van der Waals surface area contributed by atoms with Crippen LogP contribution >= 0.6 is 0 Å². The maximum absolute atomic E-state index is 12.3. The van der Waals surface area contributed by atoms with E-state index in [0.29, 0.717) is 5.56 Å². The SMILES string of the molecule is O=C(O)C1=CC(=CC[NH+]2c3cc(O)c(O[C@H]4O[C@H](CO)[C@@H](O)[C@H](O)[C@H]4O[C@H]4O[C@H](C(=O)O)[C@@H](O)[C@H](O)[C@H]4O)cc3C[C@H]2C(=O)O)C[C@H](C(=O)[O-])N1. The summed E-state index contributed by atoms with van der Waals surface area (Å²) in [5.41, 5.74) is 0.492. The Hall–Kier alpha value is -4.42. The first-order valence-electron chi connectivity index (χ1n) is 15.5. The van der Waals surface area contributed by atoms with Crippen molar-refractivity contribution in [3.8, 4) is 11.5 Å². The second-order valence-corrected chi connectivity index (χ2v) is 12.3. The predicted octanol–water partition coefficient (Wildman–Crippen LogP) is -6.98. The molecule has 0 bridgehead atoms. The average molecular weight is 729 g/mol. The zero-order valence-electron chi connectivity index (χ0n) is 26.2. The first-order chi connectivity index (χ1) is 24.0. The third kappa shape index (κ3) is 7.62. The maximum Gasteiger partial charge on any atom is 0.363 e. The number of hydrogen-bond donors (Lipinski definition) is 12. The summed E-state index contributed by atoms with van der Waals surface area (Å²) in [4.78, 5) is 47.1. The standard InChI is InChI=1S/C30H36N2O19/c33-8-17-18(35)20(37)24(51-29-22(39)19(36)21(38)23(50-29)28(46)47)30(49-17)48-16-6-10-5-14(27(44)45)32(13(10)7-15(16)34)2-1-9-3-11(25(40)41)31-12(4-9)26(42)43/h1,3,6-7,12,14,17-24,29-31,33-39H,2,4-5,8H2,(H,40,41)(H,42,43)(H,44,45)(H,46,47)/t12-,14+,17-,18-,19+,20+,21+,22-,23+,24-,29-,30+/m1/s1. The number of allylic oxidation sites excluding steroid dienone is 1. The molecule has 21 heteroatoms. The van der Waals surface area contributed by atoms with Gasteiger partial charge in [-0.05, 0) is 30.2 Å². The molecule has 0 aliphatic carbocycles. The van der Waals surface area contributed by atoms with Gasteiger partial charge in [0.05, 0.1) is 18.6 Å². The minimum Gasteiger partial charge on any atom is -0.548 e. The van der Waals surface area contributed by atoms with Gasteiger partial charge in [-0.15, -0.1) is 0 Å². The number of carbonyl (C=O) groups excluding carboxylic acids is 1. The van der Waals surface area contributed by atoms with E-state index >= 15 is 0 Å². The quantitative estimate of drug-likeness (QED) is 0.101. The van der Waals surface area contributed by atoms with E-state index in [0.717, 1.165) is 0 Å². The van der Waals surface area contributed by atoms with E-state index in [-0.39, 0.29) is 41.3 Å². The van der Waals surface area contributed by atoms with Gasteiger partial charge < -0.3 is 85.2 Å². The van der Waals surface area contributed by atoms with Crippen LogP contribution < -0.4 is 20.1 Å². The fourth-order valence-electron chi connectivity index (χ4n) is 6.34. The molecule has 2 saturated heterocycles. The molecular weight excluding hydrogens is 692 g/mol. The number of aliphatic hydroxyl groups is 6. The second-order valence-electron chi connectivity index (χ2n) is 12.3. The molecule has 280 valence electrons. The van der Waals surface area contributed by atoms with Crippen molar-refractivity contribution in [2.45, 2.75) is 86.3 Å². The Kier molecular flexibility index (Phi) is 11.2. The summed E-state index contributed by atoms with van der Waals surface area (Å²) in [5, 5.41) is 115. The van der Waals surface area contributed by atoms with Crippen molar-refractivity contribution in [2.24, 2.45) is 0 Å². The fraction of sp³-hybridized carbons (Fsp3) is 0.533. The molecule has 1 aromatic carbocycles. The highest BCUT2D eigenvalue weighted by Crippen LogP contribution is 2.37. The van der Waals surface area contributed by atoms with Crippen LogP contribution in [0.4, 0.5) is 5.69 Å². The smallest absolute Gasteiger partial charge is 0.363 e. The maximum atomic E-state index is 12.3. The summed E-state index contributed by atoms with van der Waals surface area (Å²) < 4.78 is 22.0. The molecule has 0 radical (unpaired) electrons. The van der Waals surface area contributed by atoms with Crippen LogP contribution in [0.3, 0.4) is 0 Å². The number of aromatic hydroxyl groups is 1. The van der Waals surface area contributed by atoms with Crippen LogP contribution in [0.15, 0.2) is 35.6 Å². The number of benzene rings is 1. The number of carbonyl (C=O) groups is 4. The van der Waals surface area contributed by atoms with Crippen molar-refractivity contribution in [3.63, 3.8) is 0 Å². The Morgan fingerprint density at radius 3 is 2.24 bits per heavy atom. The Balaban J connectivity index is 1.42. The minimum atomic E-state index is -2.09. The van der Waals surface area contributed by atoms with Crippen molar-refractivity contribution < 1.29 is 99.2 Å². The third-order valence-corrected chi connectivity index (χ3v) is 9.04. The van der Waals surface area contributed by atoms with Crippen molar-refractivity contribution >= 4 is 29.6 Å². The Morgan fingerprint density at radius 1 is 0.922 bits per heavy atom. The van der Waals surface area contributed by atoms with Crippen LogP contribution in [0.1, 0.15) is 12.0 Å². The van der Waals surface area contributed by atoms with Gasteiger partial charge in [-0.25, -0.2) is 14.4 Å². The number of rotatable bonds is 11. The monoisotopic (exact) mass is 728 g/mol. The van der Waals surface area contributed by atoms with Crippen LogP contribution in [0, 0.1) is 0 Å². The molecule has 0 spiro atoms. The van der Waals surface area contributed by atoms with Crippen LogP contribution in [0.2, 0.25) is 0 Å². The Labute approximate surface area is 286 Å². The molecule has 4 aliphatic rings. The lowest BCUT2D eigenvalue weighted by molar-refractivity contribution is -0.838. The van der Waals surface area contributed by atoms with Crippen molar-refractivity contribution in [2.75, 3.05) is 13.2 Å². The summed E-state index contributed by atoms with van der Waals surface area (Å²) in [6, 6.07) is -0.0728. The fourth-order valence-corrected chi connectivity index (χ4v) is 6.34. The zero-order chi connectivity index (χ0) is 37.5. The van der Waals surface area contributed by atoms with E-state index in [1.54, 1.807) is 0 Å². The van der Waals surface area contributed by atoms with Gasteiger partial charge in [-0.3, -0.25) is 4.90 Å². The lowest BCUT2D eigenvalue weighted by atomic mass is 9.97. The van der Waals surface area contributed by atoms with Crippen LogP contribution in [0.25, 0.3) is 0 Å². The summed E-state index contributed by atoms with van der Waals surface area (Å²) >= 11 is 0. The van der Waals surface area contributed by atoms with Gasteiger partial charge in [-0.2, -0.15) is 0 Å². The van der Waals surface area contributed by atoms with Gasteiger partial charge >= 0.3 is 17.9 Å². The van der Waals surface area contributed by atoms with E-state index in [9.17, 15) is 75.3 Å². The molecular formula is C30H36N2O19. The molecule has 0 amide bonds. The molecule has 1 unspecified atom stereocenters. The summed E-state index contributed by atoms with van der Waals surface area (Å²) in [7, 11) is 0. The molecule has 13 atom stereocenters.